The molecule has 0 aromatic heterocycles. The molecule has 31 heavy (non-hydrogen) atoms. The lowest BCUT2D eigenvalue weighted by Crippen LogP contribution is -2.48. The molecule has 0 bridgehead atoms. The maximum Gasteiger partial charge on any atom is 0.253 e. The molecule has 1 saturated heterocycles. The fraction of sp³-hybridized carbons (Fsp3) is 0.417. The molecule has 2 aromatic rings. The van der Waals surface area contributed by atoms with E-state index < -0.39 is 0 Å². The van der Waals surface area contributed by atoms with Crippen LogP contribution in [0.2, 0.25) is 5.02 Å². The van der Waals surface area contributed by atoms with Crippen molar-refractivity contribution in [1.29, 1.82) is 5.26 Å². The van der Waals surface area contributed by atoms with Gasteiger partial charge in [-0.2, -0.15) is 5.26 Å². The molecule has 0 radical (unpaired) electrons. The molecule has 0 atom stereocenters. The van der Waals surface area contributed by atoms with Crippen LogP contribution >= 0.6 is 11.6 Å². The maximum absolute atomic E-state index is 12.7. The highest BCUT2D eigenvalue weighted by Crippen LogP contribution is 2.21. The maximum atomic E-state index is 12.7. The largest absolute Gasteiger partial charge is 0.373 e. The van der Waals surface area contributed by atoms with E-state index in [1.165, 1.54) is 0 Å². The molecule has 1 heterocycles. The van der Waals surface area contributed by atoms with Gasteiger partial charge in [0.15, 0.2) is 0 Å². The fourth-order valence-electron chi connectivity index (χ4n) is 3.66. The number of carbonyl (C=O) groups is 1. The van der Waals surface area contributed by atoms with Gasteiger partial charge in [0.1, 0.15) is 0 Å². The van der Waals surface area contributed by atoms with E-state index in [1.54, 1.807) is 24.3 Å². The number of hydrogen-bond acceptors (Lipinski definition) is 5. The number of carbonyl (C=O) groups excluding carboxylic acids is 1. The van der Waals surface area contributed by atoms with Gasteiger partial charge in [-0.1, -0.05) is 11.6 Å². The highest BCUT2D eigenvalue weighted by Gasteiger charge is 2.23. The summed E-state index contributed by atoms with van der Waals surface area (Å²) in [7, 11) is 6.21. The van der Waals surface area contributed by atoms with E-state index in [-0.39, 0.29) is 5.91 Å². The second kappa shape index (κ2) is 10.6. The number of benzene rings is 2. The van der Waals surface area contributed by atoms with Crippen molar-refractivity contribution in [3.63, 3.8) is 0 Å². The van der Waals surface area contributed by atoms with Crippen LogP contribution in [-0.4, -0.2) is 81.0 Å². The summed E-state index contributed by atoms with van der Waals surface area (Å²) in [5.41, 5.74) is 3.53. The van der Waals surface area contributed by atoms with Gasteiger partial charge >= 0.3 is 0 Å². The van der Waals surface area contributed by atoms with Gasteiger partial charge in [0.2, 0.25) is 0 Å². The van der Waals surface area contributed by atoms with Crippen LogP contribution in [0.1, 0.15) is 21.5 Å². The zero-order valence-corrected chi connectivity index (χ0v) is 19.3. The van der Waals surface area contributed by atoms with Crippen molar-refractivity contribution in [2.75, 3.05) is 65.3 Å². The molecule has 1 fully saturated rings. The van der Waals surface area contributed by atoms with E-state index in [4.69, 9.17) is 11.6 Å². The highest BCUT2D eigenvalue weighted by atomic mass is 35.5. The van der Waals surface area contributed by atoms with Crippen LogP contribution < -0.4 is 4.90 Å². The third-order valence-electron chi connectivity index (χ3n) is 5.68. The van der Waals surface area contributed by atoms with Gasteiger partial charge in [0.25, 0.3) is 5.91 Å². The van der Waals surface area contributed by atoms with Gasteiger partial charge in [-0.25, -0.2) is 0 Å². The van der Waals surface area contributed by atoms with Crippen LogP contribution in [0.3, 0.4) is 0 Å². The van der Waals surface area contributed by atoms with Crippen molar-refractivity contribution in [3.8, 4) is 6.07 Å². The van der Waals surface area contributed by atoms with Crippen molar-refractivity contribution >= 4 is 23.2 Å². The predicted octanol–water partition coefficient (Wildman–Crippen LogP) is 3.17. The number of nitrogens with zero attached hydrogens (tertiary/aromatic N) is 5. The van der Waals surface area contributed by atoms with Crippen molar-refractivity contribution in [3.05, 3.63) is 64.2 Å². The van der Waals surface area contributed by atoms with Crippen LogP contribution in [0, 0.1) is 11.3 Å². The molecule has 1 aliphatic heterocycles. The van der Waals surface area contributed by atoms with E-state index in [0.29, 0.717) is 35.8 Å². The molecular formula is C24H30ClN5O. The Morgan fingerprint density at radius 2 is 1.71 bits per heavy atom. The summed E-state index contributed by atoms with van der Waals surface area (Å²) in [6, 6.07) is 15.4. The first-order valence-corrected chi connectivity index (χ1v) is 10.9. The quantitative estimate of drug-likeness (QED) is 0.663. The van der Waals surface area contributed by atoms with E-state index in [2.05, 4.69) is 48.0 Å². The topological polar surface area (TPSA) is 53.8 Å². The zero-order chi connectivity index (χ0) is 22.4. The van der Waals surface area contributed by atoms with E-state index in [1.807, 2.05) is 17.0 Å². The number of likely N-dealkylation sites (N-methyl/N-ethyl adjacent to an activating group) is 2. The molecule has 0 unspecified atom stereocenters. The SMILES string of the molecule is CN(C)CCN(C)c1ccc(C#N)c(CN2CCN(C(=O)c3ccc(Cl)cc3)CC2)c1. The molecule has 0 saturated carbocycles. The van der Waals surface area contributed by atoms with Crippen LogP contribution in [0.5, 0.6) is 0 Å². The van der Waals surface area contributed by atoms with Gasteiger partial charge in [0.05, 0.1) is 11.6 Å². The molecule has 0 aliphatic carbocycles. The normalized spacial score (nSPS) is 14.5. The van der Waals surface area contributed by atoms with Crippen molar-refractivity contribution in [1.82, 2.24) is 14.7 Å². The second-order valence-electron chi connectivity index (χ2n) is 8.25. The molecule has 1 amide bonds. The van der Waals surface area contributed by atoms with Crippen molar-refractivity contribution in [2.24, 2.45) is 0 Å². The first kappa shape index (κ1) is 23.1. The van der Waals surface area contributed by atoms with E-state index in [9.17, 15) is 10.1 Å². The highest BCUT2D eigenvalue weighted by molar-refractivity contribution is 6.30. The summed E-state index contributed by atoms with van der Waals surface area (Å²) in [6.45, 7) is 5.51. The first-order valence-electron chi connectivity index (χ1n) is 10.5. The zero-order valence-electron chi connectivity index (χ0n) is 18.5. The minimum atomic E-state index is 0.0403. The average Bonchev–Trinajstić information content (AvgIpc) is 2.78. The Kier molecular flexibility index (Phi) is 7.91. The van der Waals surface area contributed by atoms with Gasteiger partial charge < -0.3 is 14.7 Å². The van der Waals surface area contributed by atoms with E-state index in [0.717, 1.165) is 37.4 Å². The monoisotopic (exact) mass is 439 g/mol. The third kappa shape index (κ3) is 6.20. The minimum absolute atomic E-state index is 0.0403. The number of amides is 1. The molecule has 2 aromatic carbocycles. The fourth-order valence-corrected chi connectivity index (χ4v) is 3.79. The first-order chi connectivity index (χ1) is 14.9. The summed E-state index contributed by atoms with van der Waals surface area (Å²) in [5.74, 6) is 0.0403. The Labute approximate surface area is 190 Å². The molecule has 3 rings (SSSR count). The van der Waals surface area contributed by atoms with Crippen LogP contribution in [0.4, 0.5) is 5.69 Å². The van der Waals surface area contributed by atoms with Gasteiger partial charge in [-0.3, -0.25) is 9.69 Å². The molecule has 0 spiro atoms. The molecular weight excluding hydrogens is 410 g/mol. The number of anilines is 1. The van der Waals surface area contributed by atoms with E-state index >= 15 is 0 Å². The van der Waals surface area contributed by atoms with Crippen LogP contribution in [0.15, 0.2) is 42.5 Å². The number of piperazine rings is 1. The molecule has 164 valence electrons. The Morgan fingerprint density at radius 3 is 2.32 bits per heavy atom. The van der Waals surface area contributed by atoms with Crippen molar-refractivity contribution < 1.29 is 4.79 Å². The predicted molar refractivity (Wildman–Crippen MR) is 126 cm³/mol. The summed E-state index contributed by atoms with van der Waals surface area (Å²) in [4.78, 5) is 21.3. The minimum Gasteiger partial charge on any atom is -0.373 e. The van der Waals surface area contributed by atoms with Gasteiger partial charge in [-0.05, 0) is 62.1 Å². The molecule has 6 nitrogen and oxygen atoms in total. The Balaban J connectivity index is 1.61. The Hall–Kier alpha value is -2.59. The summed E-state index contributed by atoms with van der Waals surface area (Å²) in [5, 5.41) is 10.2. The average molecular weight is 440 g/mol. The summed E-state index contributed by atoms with van der Waals surface area (Å²) in [6.07, 6.45) is 0. The summed E-state index contributed by atoms with van der Waals surface area (Å²) >= 11 is 5.93. The molecule has 0 N–H and O–H groups in total. The molecule has 7 heteroatoms. The summed E-state index contributed by atoms with van der Waals surface area (Å²) < 4.78 is 0. The van der Waals surface area contributed by atoms with Gasteiger partial charge in [-0.15, -0.1) is 0 Å². The third-order valence-corrected chi connectivity index (χ3v) is 5.93. The molecule has 1 aliphatic rings. The lowest BCUT2D eigenvalue weighted by Gasteiger charge is -2.35. The lowest BCUT2D eigenvalue weighted by atomic mass is 10.1. The van der Waals surface area contributed by atoms with Crippen molar-refractivity contribution in [2.45, 2.75) is 6.54 Å². The number of nitriles is 1. The Bertz CT molecular complexity index is 930. The number of hydrogen-bond donors (Lipinski definition) is 0. The Morgan fingerprint density at radius 1 is 1.03 bits per heavy atom. The van der Waals surface area contributed by atoms with Crippen LogP contribution in [0.25, 0.3) is 0 Å². The van der Waals surface area contributed by atoms with Gasteiger partial charge in [0, 0.05) is 69.1 Å². The standard InChI is InChI=1S/C24H30ClN5O/c1-27(2)10-11-28(3)23-9-6-20(17-26)21(16-23)18-29-12-14-30(15-13-29)24(31)19-4-7-22(25)8-5-19/h4-9,16H,10-15,18H2,1-3H3. The van der Waals surface area contributed by atoms with Crippen LogP contribution in [-0.2, 0) is 6.54 Å². The number of halogens is 1. The smallest absolute Gasteiger partial charge is 0.253 e. The number of rotatable bonds is 7. The lowest BCUT2D eigenvalue weighted by molar-refractivity contribution is 0.0628. The second-order valence-corrected chi connectivity index (χ2v) is 8.69.